The third kappa shape index (κ3) is 2.62. The zero-order valence-corrected chi connectivity index (χ0v) is 12.2. The first-order chi connectivity index (χ1) is 9.33. The van der Waals surface area contributed by atoms with Crippen LogP contribution < -0.4 is 5.73 Å². The van der Waals surface area contributed by atoms with E-state index in [1.807, 2.05) is 45.9 Å². The number of rotatable bonds is 0. The Labute approximate surface area is 118 Å². The average Bonchev–Trinajstić information content (AvgIpc) is 2.68. The Balaban J connectivity index is 2.64. The first-order valence-corrected chi connectivity index (χ1v) is 6.39. The molecule has 20 heavy (non-hydrogen) atoms. The van der Waals surface area contributed by atoms with Gasteiger partial charge in [0.2, 0.25) is 0 Å². The smallest absolute Gasteiger partial charge is 0.419 e. The molecule has 0 aliphatic rings. The number of carbonyl (C=O) groups is 1. The number of hydrogen-bond acceptors (Lipinski definition) is 3. The number of aromatic nitrogens is 1. The van der Waals surface area contributed by atoms with Gasteiger partial charge in [0.25, 0.3) is 0 Å². The van der Waals surface area contributed by atoms with Crippen molar-refractivity contribution in [1.82, 2.24) is 4.57 Å². The molecular weight excluding hydrogens is 252 g/mol. The van der Waals surface area contributed by atoms with Crippen LogP contribution in [-0.4, -0.2) is 16.3 Å². The summed E-state index contributed by atoms with van der Waals surface area (Å²) in [5, 5.41) is 0.897. The minimum Gasteiger partial charge on any atom is -0.443 e. The summed E-state index contributed by atoms with van der Waals surface area (Å²) in [4.78, 5) is 12.3. The minimum atomic E-state index is -0.546. The number of carbonyl (C=O) groups excluding carboxylic acids is 1. The van der Waals surface area contributed by atoms with Crippen LogP contribution in [0.3, 0.4) is 0 Å². The summed E-state index contributed by atoms with van der Waals surface area (Å²) in [6.45, 7) is 7.46. The molecule has 2 aromatic rings. The second-order valence-electron chi connectivity index (χ2n) is 5.63. The third-order valence-electron chi connectivity index (χ3n) is 2.82. The molecule has 0 saturated heterocycles. The van der Waals surface area contributed by atoms with Gasteiger partial charge in [0.05, 0.1) is 11.1 Å². The summed E-state index contributed by atoms with van der Waals surface area (Å²) in [5.41, 5.74) is 7.25. The van der Waals surface area contributed by atoms with E-state index in [1.54, 1.807) is 6.20 Å². The number of benzene rings is 1. The van der Waals surface area contributed by atoms with Crippen molar-refractivity contribution >= 4 is 17.0 Å². The Morgan fingerprint density at radius 1 is 1.35 bits per heavy atom. The lowest BCUT2D eigenvalue weighted by molar-refractivity contribution is 0.0544. The predicted octanol–water partition coefficient (Wildman–Crippen LogP) is 3.00. The average molecular weight is 270 g/mol. The Morgan fingerprint density at radius 2 is 2.05 bits per heavy atom. The molecule has 0 amide bonds. The fraction of sp³-hybridized carbons (Fsp3) is 0.312. The predicted molar refractivity (Wildman–Crippen MR) is 79.4 cm³/mol. The van der Waals surface area contributed by atoms with Gasteiger partial charge in [-0.2, -0.15) is 0 Å². The van der Waals surface area contributed by atoms with Crippen molar-refractivity contribution < 1.29 is 9.53 Å². The number of nitrogens with two attached hydrogens (primary N) is 1. The molecule has 0 aliphatic carbocycles. The van der Waals surface area contributed by atoms with Gasteiger partial charge in [0.15, 0.2) is 0 Å². The highest BCUT2D eigenvalue weighted by atomic mass is 16.6. The summed E-state index contributed by atoms with van der Waals surface area (Å²) in [6, 6.07) is 8.18. The lowest BCUT2D eigenvalue weighted by atomic mass is 10.1. The molecule has 104 valence electrons. The van der Waals surface area contributed by atoms with Crippen molar-refractivity contribution in [3.05, 3.63) is 35.5 Å². The third-order valence-corrected chi connectivity index (χ3v) is 2.82. The quantitative estimate of drug-likeness (QED) is 0.591. The van der Waals surface area contributed by atoms with E-state index in [1.165, 1.54) is 4.57 Å². The highest BCUT2D eigenvalue weighted by molar-refractivity contribution is 5.95. The molecule has 0 fully saturated rings. The summed E-state index contributed by atoms with van der Waals surface area (Å²) < 4.78 is 6.92. The molecule has 2 rings (SSSR count). The van der Waals surface area contributed by atoms with Gasteiger partial charge in [-0.1, -0.05) is 18.2 Å². The summed E-state index contributed by atoms with van der Waals surface area (Å²) in [6.07, 6.45) is 1.26. The molecule has 4 heteroatoms. The Kier molecular flexibility index (Phi) is 3.46. The molecule has 0 saturated carbocycles. The molecule has 0 bridgehead atoms. The van der Waals surface area contributed by atoms with Crippen molar-refractivity contribution in [2.75, 3.05) is 0 Å². The summed E-state index contributed by atoms with van der Waals surface area (Å²) in [5.74, 6) is 2.82. The number of fused-ring (bicyclic) bond motifs is 1. The van der Waals surface area contributed by atoms with E-state index in [-0.39, 0.29) is 0 Å². The molecule has 1 aromatic carbocycles. The fourth-order valence-corrected chi connectivity index (χ4v) is 2.09. The number of ether oxygens (including phenoxy) is 1. The Morgan fingerprint density at radius 3 is 2.65 bits per heavy atom. The zero-order chi connectivity index (χ0) is 14.9. The maximum atomic E-state index is 12.3. The monoisotopic (exact) mass is 270 g/mol. The first-order valence-electron chi connectivity index (χ1n) is 6.39. The van der Waals surface area contributed by atoms with Crippen LogP contribution in [0.1, 0.15) is 31.9 Å². The molecule has 4 nitrogen and oxygen atoms in total. The largest absolute Gasteiger partial charge is 0.443 e. The van der Waals surface area contributed by atoms with Crippen molar-refractivity contribution in [3.63, 3.8) is 0 Å². The molecule has 0 spiro atoms. The molecule has 0 radical (unpaired) electrons. The van der Waals surface area contributed by atoms with Gasteiger partial charge in [-0.25, -0.2) is 4.79 Å². The minimum absolute atomic E-state index is 0.415. The number of nitrogens with zero attached hydrogens (tertiary/aromatic N) is 1. The molecule has 1 aromatic heterocycles. The maximum Gasteiger partial charge on any atom is 0.419 e. The van der Waals surface area contributed by atoms with E-state index >= 15 is 0 Å². The number of aryl methyl sites for hydroxylation is 1. The van der Waals surface area contributed by atoms with Crippen LogP contribution in [0.25, 0.3) is 10.9 Å². The lowest BCUT2D eigenvalue weighted by Crippen LogP contribution is -2.26. The Hall–Kier alpha value is -2.41. The summed E-state index contributed by atoms with van der Waals surface area (Å²) >= 11 is 0. The standard InChI is InChI=1S/C16H18N2O2/c1-11-6-5-7-13-12(8-9-17)10-18(14(11)13)15(19)20-16(2,3)4/h5-7,10H,17H2,1-4H3. The van der Waals surface area contributed by atoms with Gasteiger partial charge in [0, 0.05) is 17.6 Å². The van der Waals surface area contributed by atoms with Crippen molar-refractivity contribution in [2.45, 2.75) is 33.3 Å². The molecular formula is C16H18N2O2. The lowest BCUT2D eigenvalue weighted by Gasteiger charge is -2.20. The van der Waals surface area contributed by atoms with E-state index in [0.29, 0.717) is 0 Å². The topological polar surface area (TPSA) is 57.2 Å². The van der Waals surface area contributed by atoms with E-state index in [2.05, 4.69) is 12.0 Å². The van der Waals surface area contributed by atoms with Crippen molar-refractivity contribution in [2.24, 2.45) is 5.73 Å². The van der Waals surface area contributed by atoms with Gasteiger partial charge >= 0.3 is 6.09 Å². The second kappa shape index (κ2) is 4.93. The van der Waals surface area contributed by atoms with E-state index in [4.69, 9.17) is 10.5 Å². The van der Waals surface area contributed by atoms with Crippen LogP contribution in [-0.2, 0) is 4.74 Å². The number of hydrogen-bond donors (Lipinski definition) is 1. The van der Waals surface area contributed by atoms with Crippen LogP contribution in [0, 0.1) is 18.9 Å². The molecule has 0 atom stereocenters. The van der Waals surface area contributed by atoms with Crippen LogP contribution in [0.15, 0.2) is 24.4 Å². The van der Waals surface area contributed by atoms with E-state index < -0.39 is 11.7 Å². The van der Waals surface area contributed by atoms with Gasteiger partial charge in [-0.3, -0.25) is 4.57 Å². The van der Waals surface area contributed by atoms with Crippen LogP contribution >= 0.6 is 0 Å². The molecule has 2 N–H and O–H groups in total. The van der Waals surface area contributed by atoms with E-state index in [9.17, 15) is 4.79 Å². The normalized spacial score (nSPS) is 11.0. The Bertz CT molecular complexity index is 724. The van der Waals surface area contributed by atoms with Gasteiger partial charge in [0.1, 0.15) is 5.60 Å². The SMILES string of the molecule is Cc1cccc2c(C#CN)cn(C(=O)OC(C)(C)C)c12. The fourth-order valence-electron chi connectivity index (χ4n) is 2.09. The summed E-state index contributed by atoms with van der Waals surface area (Å²) in [7, 11) is 0. The van der Waals surface area contributed by atoms with Gasteiger partial charge < -0.3 is 10.5 Å². The zero-order valence-electron chi connectivity index (χ0n) is 12.2. The molecule has 0 aliphatic heterocycles. The van der Waals surface area contributed by atoms with Crippen LogP contribution in [0.5, 0.6) is 0 Å². The van der Waals surface area contributed by atoms with Crippen LogP contribution in [0.2, 0.25) is 0 Å². The first kappa shape index (κ1) is 14.0. The van der Waals surface area contributed by atoms with E-state index in [0.717, 1.165) is 22.0 Å². The van der Waals surface area contributed by atoms with Crippen molar-refractivity contribution in [1.29, 1.82) is 0 Å². The highest BCUT2D eigenvalue weighted by Gasteiger charge is 2.21. The molecule has 1 heterocycles. The highest BCUT2D eigenvalue weighted by Crippen LogP contribution is 2.25. The number of para-hydroxylation sites is 1. The van der Waals surface area contributed by atoms with Crippen LogP contribution in [0.4, 0.5) is 4.79 Å². The maximum absolute atomic E-state index is 12.3. The van der Waals surface area contributed by atoms with Gasteiger partial charge in [-0.05, 0) is 39.2 Å². The van der Waals surface area contributed by atoms with Gasteiger partial charge in [-0.15, -0.1) is 0 Å². The molecule has 0 unspecified atom stereocenters. The second-order valence-corrected chi connectivity index (χ2v) is 5.63. The van der Waals surface area contributed by atoms with Crippen molar-refractivity contribution in [3.8, 4) is 12.0 Å².